The maximum atomic E-state index is 9.87. The molecule has 0 saturated carbocycles. The molecule has 6 N–H and O–H groups in total. The predicted octanol–water partition coefficient (Wildman–Crippen LogP) is 2.00. The Labute approximate surface area is 43.8 Å². The van der Waals surface area contributed by atoms with Crippen molar-refractivity contribution in [2.24, 2.45) is 0 Å². The van der Waals surface area contributed by atoms with Crippen molar-refractivity contribution in [2.75, 3.05) is 0 Å². The fraction of sp³-hybridized carbons (Fsp3) is 0. The van der Waals surface area contributed by atoms with Crippen LogP contribution in [0.15, 0.2) is 0 Å². The van der Waals surface area contributed by atoms with E-state index < -0.39 is 18.2 Å². The summed E-state index contributed by atoms with van der Waals surface area (Å²) in [6.45, 7) is 0. The van der Waals surface area contributed by atoms with Crippen molar-refractivity contribution >= 4 is 0 Å². The fourth-order valence-electron chi connectivity index (χ4n) is 0. The molecule has 0 radical (unpaired) electrons. The van der Waals surface area contributed by atoms with E-state index in [-0.39, 0.29) is 12.3 Å². The van der Waals surface area contributed by atoms with Crippen molar-refractivity contribution in [1.29, 1.82) is 0 Å². The molecule has 0 fully saturated rings. The summed E-state index contributed by atoms with van der Waals surface area (Å²) in [4.78, 5) is 0. The first-order chi connectivity index (χ1) is 2.00. The molecule has 0 unspecified atom stereocenters. The van der Waals surface area contributed by atoms with Gasteiger partial charge in [-0.15, -0.1) is 0 Å². The molecule has 0 aliphatic carbocycles. The first kappa shape index (κ1) is 15.7. The van der Waals surface area contributed by atoms with Crippen LogP contribution in [0.2, 0.25) is 0 Å². The molecule has 2 nitrogen and oxygen atoms in total. The van der Waals surface area contributed by atoms with Gasteiger partial charge in [-0.2, -0.15) is 0 Å². The van der Waals surface area contributed by atoms with Crippen LogP contribution in [0.25, 0.3) is 0 Å². The van der Waals surface area contributed by atoms with Gasteiger partial charge in [0.25, 0.3) is 0 Å². The molecule has 0 amide bonds. The van der Waals surface area contributed by atoms with Gasteiger partial charge in [0.2, 0.25) is 0 Å². The van der Waals surface area contributed by atoms with Crippen LogP contribution in [0, 0.1) is 0 Å². The molecule has 0 heterocycles. The third-order valence-corrected chi connectivity index (χ3v) is 0. The molecule has 0 aromatic heterocycles. The standard InChI is InChI=1S/4FH.2H3N.Pt/h4*1H;2*1H3;/q;;;;;;+4/p-4. The van der Waals surface area contributed by atoms with E-state index in [4.69, 9.17) is 0 Å². The van der Waals surface area contributed by atoms with Gasteiger partial charge in [0, 0.05) is 0 Å². The Morgan fingerprint density at radius 3 is 0.714 bits per heavy atom. The quantitative estimate of drug-likeness (QED) is 0.672. The van der Waals surface area contributed by atoms with Gasteiger partial charge < -0.3 is 12.3 Å². The number of hydrogen-bond donors (Lipinski definition) is 2. The van der Waals surface area contributed by atoms with Gasteiger partial charge in [0.15, 0.2) is 0 Å². The summed E-state index contributed by atoms with van der Waals surface area (Å²) in [6.07, 6.45) is 0. The topological polar surface area (TPSA) is 70.0 Å². The molecule has 7 heteroatoms. The summed E-state index contributed by atoms with van der Waals surface area (Å²) in [5.74, 6) is 0. The number of halogens is 4. The van der Waals surface area contributed by atoms with E-state index in [1.165, 1.54) is 0 Å². The first-order valence-electron chi connectivity index (χ1n) is 0.478. The second-order valence-corrected chi connectivity index (χ2v) is 2.22. The van der Waals surface area contributed by atoms with E-state index in [0.717, 1.165) is 0 Å². The van der Waals surface area contributed by atoms with E-state index in [1.54, 1.807) is 0 Å². The second kappa shape index (κ2) is 4.49. The van der Waals surface area contributed by atoms with Crippen molar-refractivity contribution in [1.82, 2.24) is 12.3 Å². The summed E-state index contributed by atoms with van der Waals surface area (Å²) >= 11 is -6.94. The van der Waals surface area contributed by atoms with E-state index in [9.17, 15) is 12.6 Å². The van der Waals surface area contributed by atoms with Gasteiger partial charge in [-0.05, 0) is 0 Å². The van der Waals surface area contributed by atoms with Crippen molar-refractivity contribution in [2.45, 2.75) is 0 Å². The summed E-state index contributed by atoms with van der Waals surface area (Å²) < 4.78 is 39.5. The molecular formula is H6F4N2Pt. The molecule has 0 aromatic rings. The van der Waals surface area contributed by atoms with Crippen LogP contribution in [-0.2, 0) is 18.2 Å². The average molecular weight is 305 g/mol. The fourth-order valence-corrected chi connectivity index (χ4v) is 0. The molecule has 0 bridgehead atoms. The summed E-state index contributed by atoms with van der Waals surface area (Å²) in [5, 5.41) is 0. The third kappa shape index (κ3) is 1100. The minimum atomic E-state index is -6.94. The molecule has 0 aliphatic rings. The average Bonchev–Trinajstić information content (AvgIpc) is 0.722. The third-order valence-electron chi connectivity index (χ3n) is 0. The monoisotopic (exact) mass is 305 g/mol. The van der Waals surface area contributed by atoms with E-state index in [1.807, 2.05) is 0 Å². The number of hydrogen-bond acceptors (Lipinski definition) is 2. The molecule has 7 heavy (non-hydrogen) atoms. The Bertz CT molecular complexity index is 25.2. The minimum absolute atomic E-state index is 0. The Hall–Kier alpha value is 0.328. The van der Waals surface area contributed by atoms with Gasteiger partial charge in [0.05, 0.1) is 0 Å². The number of rotatable bonds is 0. The van der Waals surface area contributed by atoms with Crippen molar-refractivity contribution < 1.29 is 30.8 Å². The summed E-state index contributed by atoms with van der Waals surface area (Å²) in [6, 6.07) is 0. The Balaban J connectivity index is -0.0000000800. The van der Waals surface area contributed by atoms with Crippen LogP contribution in [0.3, 0.4) is 0 Å². The molecule has 0 aromatic carbocycles. The Kier molecular flexibility index (Phi) is 10.0. The van der Waals surface area contributed by atoms with Crippen LogP contribution in [0.1, 0.15) is 0 Å². The molecule has 54 valence electrons. The van der Waals surface area contributed by atoms with E-state index in [2.05, 4.69) is 0 Å². The van der Waals surface area contributed by atoms with Crippen LogP contribution in [0.4, 0.5) is 12.6 Å². The van der Waals surface area contributed by atoms with E-state index in [0.29, 0.717) is 0 Å². The predicted molar refractivity (Wildman–Crippen MR) is 14.5 cm³/mol. The van der Waals surface area contributed by atoms with Gasteiger partial charge >= 0.3 is 30.8 Å². The summed E-state index contributed by atoms with van der Waals surface area (Å²) in [7, 11) is 0. The molecule has 0 atom stereocenters. The van der Waals surface area contributed by atoms with Gasteiger partial charge in [-0.1, -0.05) is 0 Å². The zero-order chi connectivity index (χ0) is 4.50. The van der Waals surface area contributed by atoms with Crippen molar-refractivity contribution in [3.05, 3.63) is 0 Å². The van der Waals surface area contributed by atoms with E-state index >= 15 is 0 Å². The Morgan fingerprint density at radius 2 is 0.714 bits per heavy atom. The molecule has 0 aliphatic heterocycles. The zero-order valence-corrected chi connectivity index (χ0v) is 5.51. The molecular weight excluding hydrogens is 299 g/mol. The first-order valence-corrected chi connectivity index (χ1v) is 3.91. The zero-order valence-electron chi connectivity index (χ0n) is 3.24. The van der Waals surface area contributed by atoms with Gasteiger partial charge in [-0.3, -0.25) is 0 Å². The van der Waals surface area contributed by atoms with Crippen molar-refractivity contribution in [3.63, 3.8) is 0 Å². The summed E-state index contributed by atoms with van der Waals surface area (Å²) in [5.41, 5.74) is 0. The van der Waals surface area contributed by atoms with Crippen molar-refractivity contribution in [3.8, 4) is 0 Å². The van der Waals surface area contributed by atoms with Crippen LogP contribution < -0.4 is 12.3 Å². The van der Waals surface area contributed by atoms with Gasteiger partial charge in [0.1, 0.15) is 0 Å². The Morgan fingerprint density at radius 1 is 0.714 bits per heavy atom. The van der Waals surface area contributed by atoms with Crippen LogP contribution >= 0.6 is 0 Å². The molecule has 0 saturated heterocycles. The SMILES string of the molecule is N.N.[F][Pt]([F])([F])[F]. The second-order valence-electron chi connectivity index (χ2n) is 0.271. The van der Waals surface area contributed by atoms with Gasteiger partial charge in [-0.25, -0.2) is 0 Å². The van der Waals surface area contributed by atoms with Crippen LogP contribution in [-0.4, -0.2) is 0 Å². The van der Waals surface area contributed by atoms with Crippen LogP contribution in [0.5, 0.6) is 0 Å². The molecule has 0 spiro atoms. The molecule has 0 rings (SSSR count). The maximum absolute atomic E-state index is 9.87. The normalized spacial score (nSPS) is 10.9.